The first kappa shape index (κ1) is 13.3. The van der Waals surface area contributed by atoms with E-state index in [1.807, 2.05) is 0 Å². The Balaban J connectivity index is 2.28. The van der Waals surface area contributed by atoms with Crippen LogP contribution in [-0.4, -0.2) is 5.78 Å². The molecule has 1 aliphatic rings. The molecule has 0 radical (unpaired) electrons. The largest absolute Gasteiger partial charge is 0.294 e. The Morgan fingerprint density at radius 2 is 1.89 bits per heavy atom. The van der Waals surface area contributed by atoms with Gasteiger partial charge in [0.15, 0.2) is 5.78 Å². The van der Waals surface area contributed by atoms with Gasteiger partial charge < -0.3 is 0 Å². The standard InChI is InChI=1S/C16H21FO/c1-11-5-4-10-16(2,3)14(11)15(18)12-6-8-13(17)9-7-12/h6-9,11,14H,4-5,10H2,1-3H3/t11?,14-/m1/s1. The molecule has 0 heterocycles. The minimum atomic E-state index is -0.289. The zero-order valence-electron chi connectivity index (χ0n) is 11.4. The molecular formula is C16H21FO. The summed E-state index contributed by atoms with van der Waals surface area (Å²) in [5, 5.41) is 0. The van der Waals surface area contributed by atoms with E-state index in [0.29, 0.717) is 11.5 Å². The van der Waals surface area contributed by atoms with Gasteiger partial charge in [0.05, 0.1) is 0 Å². The van der Waals surface area contributed by atoms with Gasteiger partial charge in [0, 0.05) is 11.5 Å². The van der Waals surface area contributed by atoms with Crippen LogP contribution in [0.4, 0.5) is 4.39 Å². The van der Waals surface area contributed by atoms with Gasteiger partial charge in [-0.2, -0.15) is 0 Å². The molecule has 98 valence electrons. The van der Waals surface area contributed by atoms with Crippen LogP contribution in [0.1, 0.15) is 50.4 Å². The third kappa shape index (κ3) is 2.47. The molecule has 1 fully saturated rings. The Kier molecular flexibility index (Phi) is 3.56. The van der Waals surface area contributed by atoms with Gasteiger partial charge in [-0.05, 0) is 48.4 Å². The van der Waals surface area contributed by atoms with Gasteiger partial charge in [-0.25, -0.2) is 4.39 Å². The Labute approximate surface area is 108 Å². The summed E-state index contributed by atoms with van der Waals surface area (Å²) in [6.07, 6.45) is 3.40. The van der Waals surface area contributed by atoms with Gasteiger partial charge in [0.2, 0.25) is 0 Å². The first-order chi connectivity index (χ1) is 8.42. The number of hydrogen-bond acceptors (Lipinski definition) is 1. The van der Waals surface area contributed by atoms with Crippen molar-refractivity contribution in [3.63, 3.8) is 0 Å². The Bertz CT molecular complexity index is 433. The van der Waals surface area contributed by atoms with Gasteiger partial charge in [-0.3, -0.25) is 4.79 Å². The predicted octanol–water partition coefficient (Wildman–Crippen LogP) is 4.47. The van der Waals surface area contributed by atoms with Crippen molar-refractivity contribution in [3.05, 3.63) is 35.6 Å². The smallest absolute Gasteiger partial charge is 0.166 e. The Morgan fingerprint density at radius 1 is 1.28 bits per heavy atom. The highest BCUT2D eigenvalue weighted by Gasteiger charge is 2.41. The molecule has 1 aromatic carbocycles. The van der Waals surface area contributed by atoms with E-state index in [1.165, 1.54) is 18.6 Å². The second-order valence-electron chi connectivity index (χ2n) is 6.21. The van der Waals surface area contributed by atoms with E-state index in [1.54, 1.807) is 12.1 Å². The highest BCUT2D eigenvalue weighted by atomic mass is 19.1. The fourth-order valence-electron chi connectivity index (χ4n) is 3.38. The number of ketones is 1. The predicted molar refractivity (Wildman–Crippen MR) is 71.0 cm³/mol. The molecule has 0 amide bonds. The van der Waals surface area contributed by atoms with Gasteiger partial charge in [0.1, 0.15) is 5.82 Å². The second kappa shape index (κ2) is 4.83. The van der Waals surface area contributed by atoms with Crippen molar-refractivity contribution in [3.8, 4) is 0 Å². The van der Waals surface area contributed by atoms with Crippen molar-refractivity contribution < 1.29 is 9.18 Å². The van der Waals surface area contributed by atoms with E-state index in [2.05, 4.69) is 20.8 Å². The van der Waals surface area contributed by atoms with Crippen molar-refractivity contribution in [1.29, 1.82) is 0 Å². The quantitative estimate of drug-likeness (QED) is 0.706. The maximum Gasteiger partial charge on any atom is 0.166 e. The third-order valence-corrected chi connectivity index (χ3v) is 4.30. The molecule has 0 saturated heterocycles. The van der Waals surface area contributed by atoms with Gasteiger partial charge in [-0.15, -0.1) is 0 Å². The van der Waals surface area contributed by atoms with Crippen LogP contribution in [0.5, 0.6) is 0 Å². The Morgan fingerprint density at radius 3 is 2.44 bits per heavy atom. The summed E-state index contributed by atoms with van der Waals surface area (Å²) in [6.45, 7) is 6.51. The molecule has 2 rings (SSSR count). The number of Topliss-reactive ketones (excluding diaryl/α,β-unsaturated/α-hetero) is 1. The summed E-state index contributed by atoms with van der Waals surface area (Å²) in [5.41, 5.74) is 0.687. The van der Waals surface area contributed by atoms with Gasteiger partial charge in [0.25, 0.3) is 0 Å². The van der Waals surface area contributed by atoms with Crippen LogP contribution < -0.4 is 0 Å². The maximum absolute atomic E-state index is 12.9. The van der Waals surface area contributed by atoms with Crippen LogP contribution in [0.3, 0.4) is 0 Å². The third-order valence-electron chi connectivity index (χ3n) is 4.30. The summed E-state index contributed by atoms with van der Waals surface area (Å²) in [5.74, 6) is 0.345. The lowest BCUT2D eigenvalue weighted by Gasteiger charge is -2.41. The molecule has 18 heavy (non-hydrogen) atoms. The molecule has 1 aliphatic carbocycles. The van der Waals surface area contributed by atoms with E-state index < -0.39 is 0 Å². The van der Waals surface area contributed by atoms with E-state index in [9.17, 15) is 9.18 Å². The second-order valence-corrected chi connectivity index (χ2v) is 6.21. The molecule has 1 unspecified atom stereocenters. The van der Waals surface area contributed by atoms with E-state index in [-0.39, 0.29) is 22.9 Å². The number of carbonyl (C=O) groups is 1. The maximum atomic E-state index is 12.9. The monoisotopic (exact) mass is 248 g/mol. The molecule has 0 aromatic heterocycles. The lowest BCUT2D eigenvalue weighted by Crippen LogP contribution is -2.39. The van der Waals surface area contributed by atoms with Crippen LogP contribution in [-0.2, 0) is 0 Å². The zero-order valence-corrected chi connectivity index (χ0v) is 11.4. The number of halogens is 1. The molecule has 0 spiro atoms. The normalized spacial score (nSPS) is 26.9. The zero-order chi connectivity index (χ0) is 13.3. The van der Waals surface area contributed by atoms with Crippen molar-refractivity contribution in [2.45, 2.75) is 40.0 Å². The lowest BCUT2D eigenvalue weighted by atomic mass is 9.62. The number of hydrogen-bond donors (Lipinski definition) is 0. The summed E-state index contributed by atoms with van der Waals surface area (Å²) in [7, 11) is 0. The minimum Gasteiger partial charge on any atom is -0.294 e. The van der Waals surface area contributed by atoms with Crippen molar-refractivity contribution in [2.24, 2.45) is 17.3 Å². The molecule has 1 saturated carbocycles. The molecule has 0 bridgehead atoms. The Hall–Kier alpha value is -1.18. The number of rotatable bonds is 2. The summed E-state index contributed by atoms with van der Waals surface area (Å²) in [6, 6.07) is 5.95. The average Bonchev–Trinajstić information content (AvgIpc) is 2.28. The highest BCUT2D eigenvalue weighted by Crippen LogP contribution is 2.45. The summed E-state index contributed by atoms with van der Waals surface area (Å²) in [4.78, 5) is 12.6. The van der Waals surface area contributed by atoms with Crippen LogP contribution >= 0.6 is 0 Å². The van der Waals surface area contributed by atoms with Gasteiger partial charge in [-0.1, -0.05) is 27.2 Å². The fraction of sp³-hybridized carbons (Fsp3) is 0.562. The summed E-state index contributed by atoms with van der Waals surface area (Å²) < 4.78 is 12.9. The molecule has 0 aliphatic heterocycles. The first-order valence-electron chi connectivity index (χ1n) is 6.71. The van der Waals surface area contributed by atoms with E-state index in [0.717, 1.165) is 12.8 Å². The number of carbonyl (C=O) groups excluding carboxylic acids is 1. The van der Waals surface area contributed by atoms with E-state index in [4.69, 9.17) is 0 Å². The van der Waals surface area contributed by atoms with Crippen LogP contribution in [0.15, 0.2) is 24.3 Å². The molecule has 2 heteroatoms. The van der Waals surface area contributed by atoms with Crippen LogP contribution in [0, 0.1) is 23.1 Å². The average molecular weight is 248 g/mol. The number of benzene rings is 1. The highest BCUT2D eigenvalue weighted by molar-refractivity contribution is 5.98. The van der Waals surface area contributed by atoms with Gasteiger partial charge >= 0.3 is 0 Å². The molecule has 2 atom stereocenters. The first-order valence-corrected chi connectivity index (χ1v) is 6.71. The SMILES string of the molecule is CC1CCCC(C)(C)[C@H]1C(=O)c1ccc(F)cc1. The van der Waals surface area contributed by atoms with Crippen molar-refractivity contribution in [1.82, 2.24) is 0 Å². The molecule has 1 nitrogen and oxygen atoms in total. The van der Waals surface area contributed by atoms with Crippen LogP contribution in [0.2, 0.25) is 0 Å². The minimum absolute atomic E-state index is 0.0448. The van der Waals surface area contributed by atoms with E-state index >= 15 is 0 Å². The molecule has 0 N–H and O–H groups in total. The lowest BCUT2D eigenvalue weighted by molar-refractivity contribution is 0.0539. The van der Waals surface area contributed by atoms with Crippen molar-refractivity contribution in [2.75, 3.05) is 0 Å². The molecule has 1 aromatic rings. The topological polar surface area (TPSA) is 17.1 Å². The summed E-state index contributed by atoms with van der Waals surface area (Å²) >= 11 is 0. The van der Waals surface area contributed by atoms with Crippen molar-refractivity contribution >= 4 is 5.78 Å². The molecular weight excluding hydrogens is 227 g/mol. The van der Waals surface area contributed by atoms with Crippen LogP contribution in [0.25, 0.3) is 0 Å². The fourth-order valence-corrected chi connectivity index (χ4v) is 3.38.